The fraction of sp³-hybridized carbons (Fsp3) is 0.462. The molecular weight excluding hydrogens is 236 g/mol. The number of hydrogen-bond acceptors (Lipinski definition) is 2. The van der Waals surface area contributed by atoms with Crippen molar-refractivity contribution in [1.29, 1.82) is 0 Å². The third-order valence-corrected chi connectivity index (χ3v) is 2.42. The van der Waals surface area contributed by atoms with Crippen LogP contribution in [0.15, 0.2) is 30.3 Å². The number of hydrogen-bond donors (Lipinski definition) is 2. The molecule has 0 aliphatic heterocycles. The van der Waals surface area contributed by atoms with E-state index >= 15 is 0 Å². The van der Waals surface area contributed by atoms with Gasteiger partial charge < -0.3 is 11.1 Å². The zero-order chi connectivity index (χ0) is 11.6. The van der Waals surface area contributed by atoms with E-state index in [4.69, 9.17) is 5.73 Å². The standard InChI is InChI=1S/C13H20N2O.ClH/c14-10-4-9-13(16)15-11-5-8-12-6-2-1-3-7-12;/h1-3,6-7H,4-5,8-11,14H2,(H,15,16);1H. The lowest BCUT2D eigenvalue weighted by Gasteiger charge is -2.04. The third-order valence-electron chi connectivity index (χ3n) is 2.42. The molecule has 1 aromatic rings. The van der Waals surface area contributed by atoms with Gasteiger partial charge in [-0.1, -0.05) is 30.3 Å². The lowest BCUT2D eigenvalue weighted by Crippen LogP contribution is -2.25. The van der Waals surface area contributed by atoms with Crippen LogP contribution in [0, 0.1) is 0 Å². The molecule has 0 aliphatic rings. The van der Waals surface area contributed by atoms with Crippen molar-refractivity contribution < 1.29 is 4.79 Å². The summed E-state index contributed by atoms with van der Waals surface area (Å²) in [6.45, 7) is 1.33. The Bertz CT molecular complexity index is 304. The van der Waals surface area contributed by atoms with Crippen molar-refractivity contribution in [2.45, 2.75) is 25.7 Å². The first kappa shape index (κ1) is 15.9. The van der Waals surface area contributed by atoms with Crippen molar-refractivity contribution in [3.63, 3.8) is 0 Å². The molecule has 0 saturated carbocycles. The normalized spacial score (nSPS) is 9.47. The molecule has 1 amide bonds. The molecule has 1 rings (SSSR count). The van der Waals surface area contributed by atoms with Gasteiger partial charge in [0.05, 0.1) is 0 Å². The Morgan fingerprint density at radius 2 is 1.88 bits per heavy atom. The minimum absolute atomic E-state index is 0. The molecule has 0 aromatic heterocycles. The van der Waals surface area contributed by atoms with Crippen molar-refractivity contribution in [1.82, 2.24) is 5.32 Å². The van der Waals surface area contributed by atoms with Gasteiger partial charge in [0.2, 0.25) is 5.91 Å². The number of aryl methyl sites for hydroxylation is 1. The minimum Gasteiger partial charge on any atom is -0.356 e. The van der Waals surface area contributed by atoms with Crippen molar-refractivity contribution >= 4 is 18.3 Å². The second-order valence-electron chi connectivity index (χ2n) is 3.83. The number of nitrogens with one attached hydrogen (secondary N) is 1. The third kappa shape index (κ3) is 7.77. The second kappa shape index (κ2) is 10.1. The van der Waals surface area contributed by atoms with Gasteiger partial charge in [0.1, 0.15) is 0 Å². The number of rotatable bonds is 7. The Morgan fingerprint density at radius 3 is 2.53 bits per heavy atom. The Labute approximate surface area is 109 Å². The molecule has 0 heterocycles. The van der Waals surface area contributed by atoms with Gasteiger partial charge in [-0.25, -0.2) is 0 Å². The van der Waals surface area contributed by atoms with Crippen LogP contribution in [0.3, 0.4) is 0 Å². The molecule has 0 spiro atoms. The highest BCUT2D eigenvalue weighted by Crippen LogP contribution is 2.01. The topological polar surface area (TPSA) is 55.1 Å². The molecule has 0 fully saturated rings. The summed E-state index contributed by atoms with van der Waals surface area (Å²) < 4.78 is 0. The summed E-state index contributed by atoms with van der Waals surface area (Å²) in [6.07, 6.45) is 3.31. The summed E-state index contributed by atoms with van der Waals surface area (Å²) in [5, 5.41) is 2.89. The number of halogens is 1. The zero-order valence-electron chi connectivity index (χ0n) is 10.0. The molecule has 0 radical (unpaired) electrons. The molecule has 96 valence electrons. The number of carbonyl (C=O) groups excluding carboxylic acids is 1. The molecule has 1 aromatic carbocycles. The highest BCUT2D eigenvalue weighted by molar-refractivity contribution is 5.85. The predicted octanol–water partition coefficient (Wildman–Crippen LogP) is 1.90. The molecule has 0 bridgehead atoms. The predicted molar refractivity (Wildman–Crippen MR) is 73.3 cm³/mol. The summed E-state index contributed by atoms with van der Waals surface area (Å²) >= 11 is 0. The average Bonchev–Trinajstić information content (AvgIpc) is 2.33. The van der Waals surface area contributed by atoms with E-state index in [1.165, 1.54) is 5.56 Å². The smallest absolute Gasteiger partial charge is 0.220 e. The molecule has 0 atom stereocenters. The van der Waals surface area contributed by atoms with E-state index in [1.54, 1.807) is 0 Å². The summed E-state index contributed by atoms with van der Waals surface area (Å²) in [5.41, 5.74) is 6.65. The lowest BCUT2D eigenvalue weighted by molar-refractivity contribution is -0.121. The Hall–Kier alpha value is -1.06. The van der Waals surface area contributed by atoms with Gasteiger partial charge in [0.15, 0.2) is 0 Å². The molecule has 3 N–H and O–H groups in total. The summed E-state index contributed by atoms with van der Waals surface area (Å²) in [6, 6.07) is 10.3. The summed E-state index contributed by atoms with van der Waals surface area (Å²) in [4.78, 5) is 11.2. The summed E-state index contributed by atoms with van der Waals surface area (Å²) in [7, 11) is 0. The highest BCUT2D eigenvalue weighted by Gasteiger charge is 1.99. The van der Waals surface area contributed by atoms with Crippen LogP contribution < -0.4 is 11.1 Å². The van der Waals surface area contributed by atoms with Crippen LogP contribution in [0.5, 0.6) is 0 Å². The van der Waals surface area contributed by atoms with Crippen LogP contribution in [-0.2, 0) is 11.2 Å². The van der Waals surface area contributed by atoms with E-state index in [2.05, 4.69) is 17.4 Å². The van der Waals surface area contributed by atoms with Crippen LogP contribution in [0.4, 0.5) is 0 Å². The molecule has 0 aliphatic carbocycles. The number of nitrogens with two attached hydrogens (primary N) is 1. The highest BCUT2D eigenvalue weighted by atomic mass is 35.5. The van der Waals surface area contributed by atoms with Crippen molar-refractivity contribution in [3.8, 4) is 0 Å². The van der Waals surface area contributed by atoms with Gasteiger partial charge in [-0.2, -0.15) is 0 Å². The minimum atomic E-state index is 0. The number of benzene rings is 1. The van der Waals surface area contributed by atoms with Gasteiger partial charge in [-0.05, 0) is 31.4 Å². The monoisotopic (exact) mass is 256 g/mol. The second-order valence-corrected chi connectivity index (χ2v) is 3.83. The van der Waals surface area contributed by atoms with Crippen molar-refractivity contribution in [2.24, 2.45) is 5.73 Å². The summed E-state index contributed by atoms with van der Waals surface area (Å²) in [5.74, 6) is 0.110. The number of carbonyl (C=O) groups is 1. The fourth-order valence-electron chi connectivity index (χ4n) is 1.52. The van der Waals surface area contributed by atoms with E-state index in [0.717, 1.165) is 25.8 Å². The molecule has 3 nitrogen and oxygen atoms in total. The van der Waals surface area contributed by atoms with Crippen molar-refractivity contribution in [2.75, 3.05) is 13.1 Å². The maximum atomic E-state index is 11.2. The van der Waals surface area contributed by atoms with Gasteiger partial charge in [0, 0.05) is 13.0 Å². The van der Waals surface area contributed by atoms with E-state index in [0.29, 0.717) is 13.0 Å². The van der Waals surface area contributed by atoms with E-state index in [1.807, 2.05) is 18.2 Å². The fourth-order valence-corrected chi connectivity index (χ4v) is 1.52. The van der Waals surface area contributed by atoms with E-state index in [9.17, 15) is 4.79 Å². The molecular formula is C13H21ClN2O. The van der Waals surface area contributed by atoms with Crippen LogP contribution in [0.1, 0.15) is 24.8 Å². The van der Waals surface area contributed by atoms with Gasteiger partial charge >= 0.3 is 0 Å². The quantitative estimate of drug-likeness (QED) is 0.732. The van der Waals surface area contributed by atoms with E-state index < -0.39 is 0 Å². The van der Waals surface area contributed by atoms with Crippen LogP contribution >= 0.6 is 12.4 Å². The maximum absolute atomic E-state index is 11.2. The average molecular weight is 257 g/mol. The Balaban J connectivity index is 0.00000256. The first-order chi connectivity index (χ1) is 7.83. The Morgan fingerprint density at radius 1 is 1.18 bits per heavy atom. The molecule has 0 saturated heterocycles. The zero-order valence-corrected chi connectivity index (χ0v) is 10.8. The largest absolute Gasteiger partial charge is 0.356 e. The Kier molecular flexibility index (Phi) is 9.49. The van der Waals surface area contributed by atoms with Crippen LogP contribution in [-0.4, -0.2) is 19.0 Å². The van der Waals surface area contributed by atoms with Crippen molar-refractivity contribution in [3.05, 3.63) is 35.9 Å². The molecule has 17 heavy (non-hydrogen) atoms. The van der Waals surface area contributed by atoms with Gasteiger partial charge in [-0.3, -0.25) is 4.79 Å². The van der Waals surface area contributed by atoms with Gasteiger partial charge in [0.25, 0.3) is 0 Å². The molecule has 4 heteroatoms. The first-order valence-electron chi connectivity index (χ1n) is 5.83. The maximum Gasteiger partial charge on any atom is 0.220 e. The SMILES string of the molecule is Cl.NCCCC(=O)NCCCc1ccccc1. The van der Waals surface area contributed by atoms with Crippen LogP contribution in [0.25, 0.3) is 0 Å². The van der Waals surface area contributed by atoms with Gasteiger partial charge in [-0.15, -0.1) is 12.4 Å². The first-order valence-corrected chi connectivity index (χ1v) is 5.83. The number of amides is 1. The van der Waals surface area contributed by atoms with Crippen LogP contribution in [0.2, 0.25) is 0 Å². The molecule has 0 unspecified atom stereocenters. The lowest BCUT2D eigenvalue weighted by atomic mass is 10.1. The van der Waals surface area contributed by atoms with E-state index in [-0.39, 0.29) is 18.3 Å².